The molecule has 96 valence electrons. The first-order valence-corrected chi connectivity index (χ1v) is 5.68. The summed E-state index contributed by atoms with van der Waals surface area (Å²) < 4.78 is 1.62. The molecule has 6 nitrogen and oxygen atoms in total. The highest BCUT2D eigenvalue weighted by atomic mass is 16.3. The van der Waals surface area contributed by atoms with Crippen molar-refractivity contribution in [3.8, 4) is 0 Å². The first kappa shape index (κ1) is 12.5. The van der Waals surface area contributed by atoms with Crippen LogP contribution in [0.4, 0.5) is 5.82 Å². The number of amides is 1. The summed E-state index contributed by atoms with van der Waals surface area (Å²) in [7, 11) is 0. The lowest BCUT2D eigenvalue weighted by molar-refractivity contribution is -0.118. The van der Waals surface area contributed by atoms with Gasteiger partial charge in [-0.05, 0) is 12.1 Å². The Morgan fingerprint density at radius 1 is 1.44 bits per heavy atom. The van der Waals surface area contributed by atoms with E-state index < -0.39 is 12.5 Å². The molecule has 0 fully saturated rings. The predicted octanol–water partition coefficient (Wildman–Crippen LogP) is 0.958. The number of carbonyl (C=O) groups is 1. The van der Waals surface area contributed by atoms with Crippen LogP contribution in [0, 0.1) is 0 Å². The van der Waals surface area contributed by atoms with Crippen LogP contribution in [0.5, 0.6) is 0 Å². The molecule has 0 atom stereocenters. The third-order valence-corrected chi connectivity index (χ3v) is 2.50. The Morgan fingerprint density at radius 2 is 2.17 bits per heavy atom. The van der Waals surface area contributed by atoms with Gasteiger partial charge in [0.2, 0.25) is 0 Å². The molecule has 18 heavy (non-hydrogen) atoms. The minimum Gasteiger partial charge on any atom is -0.387 e. The Labute approximate surface area is 105 Å². The number of aliphatic hydroxyl groups is 1. The quantitative estimate of drug-likeness (QED) is 0.829. The van der Waals surface area contributed by atoms with E-state index in [0.29, 0.717) is 11.5 Å². The molecule has 2 aromatic rings. The van der Waals surface area contributed by atoms with Crippen LogP contribution in [0.1, 0.15) is 26.5 Å². The zero-order valence-electron chi connectivity index (χ0n) is 10.6. The van der Waals surface area contributed by atoms with Gasteiger partial charge in [-0.25, -0.2) is 9.50 Å². The van der Waals surface area contributed by atoms with Crippen molar-refractivity contribution >= 4 is 17.4 Å². The number of anilines is 1. The van der Waals surface area contributed by atoms with Crippen LogP contribution < -0.4 is 5.32 Å². The second-order valence-corrected chi connectivity index (χ2v) is 5.10. The van der Waals surface area contributed by atoms with Crippen LogP contribution in [0.15, 0.2) is 18.3 Å². The zero-order valence-corrected chi connectivity index (χ0v) is 10.6. The molecular weight excluding hydrogens is 232 g/mol. The maximum Gasteiger partial charge on any atom is 0.251 e. The van der Waals surface area contributed by atoms with E-state index in [-0.39, 0.29) is 5.41 Å². The number of nitrogens with zero attached hydrogens (tertiary/aromatic N) is 3. The molecule has 2 rings (SSSR count). The van der Waals surface area contributed by atoms with Gasteiger partial charge in [0.1, 0.15) is 6.61 Å². The molecule has 0 radical (unpaired) electrons. The summed E-state index contributed by atoms with van der Waals surface area (Å²) in [6, 6.07) is 3.77. The molecule has 0 saturated heterocycles. The highest BCUT2D eigenvalue weighted by Crippen LogP contribution is 2.20. The van der Waals surface area contributed by atoms with Crippen molar-refractivity contribution in [1.82, 2.24) is 14.6 Å². The van der Waals surface area contributed by atoms with E-state index in [1.54, 1.807) is 10.7 Å². The van der Waals surface area contributed by atoms with Crippen molar-refractivity contribution in [3.05, 3.63) is 24.0 Å². The van der Waals surface area contributed by atoms with E-state index in [2.05, 4.69) is 36.2 Å². The number of aromatic nitrogens is 3. The summed E-state index contributed by atoms with van der Waals surface area (Å²) in [4.78, 5) is 15.2. The highest BCUT2D eigenvalue weighted by molar-refractivity contribution is 5.90. The Hall–Kier alpha value is -1.95. The summed E-state index contributed by atoms with van der Waals surface area (Å²) in [5.41, 5.74) is 1.54. The van der Waals surface area contributed by atoms with Crippen LogP contribution >= 0.6 is 0 Å². The van der Waals surface area contributed by atoms with Gasteiger partial charge in [0.05, 0.1) is 11.9 Å². The zero-order chi connectivity index (χ0) is 13.3. The summed E-state index contributed by atoms with van der Waals surface area (Å²) in [5.74, 6) is -0.109. The van der Waals surface area contributed by atoms with Crippen LogP contribution in [0.25, 0.3) is 5.65 Å². The lowest BCUT2D eigenvalue weighted by Gasteiger charge is -2.16. The normalized spacial score (nSPS) is 11.8. The predicted molar refractivity (Wildman–Crippen MR) is 67.4 cm³/mol. The topological polar surface area (TPSA) is 79.5 Å². The standard InChI is InChI=1S/C12H16N4O2/c1-12(2,3)8-4-5-10-13-9(6-16(10)15-8)14-11(18)7-17/h4-6,17H,7H2,1-3H3,(H,14,18). The number of hydrogen-bond acceptors (Lipinski definition) is 4. The van der Waals surface area contributed by atoms with Gasteiger partial charge in [-0.2, -0.15) is 5.10 Å². The maximum absolute atomic E-state index is 11.1. The van der Waals surface area contributed by atoms with E-state index >= 15 is 0 Å². The van der Waals surface area contributed by atoms with Gasteiger partial charge in [-0.3, -0.25) is 4.79 Å². The van der Waals surface area contributed by atoms with Crippen LogP contribution in [-0.4, -0.2) is 32.2 Å². The first-order valence-electron chi connectivity index (χ1n) is 5.68. The van der Waals surface area contributed by atoms with E-state index in [0.717, 1.165) is 5.69 Å². The summed E-state index contributed by atoms with van der Waals surface area (Å²) >= 11 is 0. The monoisotopic (exact) mass is 248 g/mol. The molecule has 0 spiro atoms. The second kappa shape index (κ2) is 4.38. The number of aliphatic hydroxyl groups excluding tert-OH is 1. The number of carbonyl (C=O) groups excluding carboxylic acids is 1. The Morgan fingerprint density at radius 3 is 2.78 bits per heavy atom. The van der Waals surface area contributed by atoms with E-state index in [1.165, 1.54) is 0 Å². The number of hydrogen-bond donors (Lipinski definition) is 2. The summed E-state index contributed by atoms with van der Waals surface area (Å²) in [5, 5.41) is 15.6. The molecule has 2 N–H and O–H groups in total. The van der Waals surface area contributed by atoms with Gasteiger partial charge in [-0.1, -0.05) is 20.8 Å². The third-order valence-electron chi connectivity index (χ3n) is 2.50. The third kappa shape index (κ3) is 2.48. The number of imidazole rings is 1. The number of rotatable bonds is 2. The minimum absolute atomic E-state index is 0.0486. The maximum atomic E-state index is 11.1. The highest BCUT2D eigenvalue weighted by Gasteiger charge is 2.16. The van der Waals surface area contributed by atoms with Crippen molar-refractivity contribution < 1.29 is 9.90 Å². The Kier molecular flexibility index (Phi) is 3.04. The molecule has 0 aliphatic rings. The van der Waals surface area contributed by atoms with Crippen LogP contribution in [-0.2, 0) is 10.2 Å². The average molecular weight is 248 g/mol. The Balaban J connectivity index is 2.37. The van der Waals surface area contributed by atoms with Gasteiger partial charge in [-0.15, -0.1) is 0 Å². The largest absolute Gasteiger partial charge is 0.387 e. The second-order valence-electron chi connectivity index (χ2n) is 5.10. The van der Waals surface area contributed by atoms with Gasteiger partial charge >= 0.3 is 0 Å². The molecule has 2 aromatic heterocycles. The fraction of sp³-hybridized carbons (Fsp3) is 0.417. The van der Waals surface area contributed by atoms with Crippen molar-refractivity contribution in [2.45, 2.75) is 26.2 Å². The van der Waals surface area contributed by atoms with Crippen molar-refractivity contribution in [2.75, 3.05) is 11.9 Å². The lowest BCUT2D eigenvalue weighted by atomic mass is 9.92. The summed E-state index contributed by atoms with van der Waals surface area (Å²) in [6.45, 7) is 5.67. The molecule has 0 aromatic carbocycles. The Bertz CT molecular complexity index is 583. The van der Waals surface area contributed by atoms with Crippen molar-refractivity contribution in [2.24, 2.45) is 0 Å². The van der Waals surface area contributed by atoms with Gasteiger partial charge < -0.3 is 10.4 Å². The molecule has 6 heteroatoms. The lowest BCUT2D eigenvalue weighted by Crippen LogP contribution is -2.15. The molecule has 1 amide bonds. The van der Waals surface area contributed by atoms with E-state index in [1.807, 2.05) is 12.1 Å². The first-order chi connectivity index (χ1) is 8.40. The molecule has 0 unspecified atom stereocenters. The number of nitrogens with one attached hydrogen (secondary N) is 1. The van der Waals surface area contributed by atoms with Gasteiger partial charge in [0.15, 0.2) is 11.5 Å². The molecule has 0 saturated carbocycles. The van der Waals surface area contributed by atoms with Crippen molar-refractivity contribution in [3.63, 3.8) is 0 Å². The molecule has 0 bridgehead atoms. The average Bonchev–Trinajstić information content (AvgIpc) is 2.68. The summed E-state index contributed by atoms with van der Waals surface area (Å²) in [6.07, 6.45) is 1.62. The molecule has 0 aliphatic heterocycles. The minimum atomic E-state index is -0.561. The van der Waals surface area contributed by atoms with Gasteiger partial charge in [0.25, 0.3) is 5.91 Å². The van der Waals surface area contributed by atoms with Crippen LogP contribution in [0.2, 0.25) is 0 Å². The molecular formula is C12H16N4O2. The fourth-order valence-corrected chi connectivity index (χ4v) is 1.52. The van der Waals surface area contributed by atoms with Crippen LogP contribution in [0.3, 0.4) is 0 Å². The fourth-order valence-electron chi connectivity index (χ4n) is 1.52. The number of fused-ring (bicyclic) bond motifs is 1. The SMILES string of the molecule is CC(C)(C)c1ccc2nc(NC(=O)CO)cn2n1. The van der Waals surface area contributed by atoms with E-state index in [4.69, 9.17) is 5.11 Å². The molecule has 0 aliphatic carbocycles. The molecule has 2 heterocycles. The van der Waals surface area contributed by atoms with Gasteiger partial charge in [0, 0.05) is 5.41 Å². The smallest absolute Gasteiger partial charge is 0.251 e. The van der Waals surface area contributed by atoms with Crippen molar-refractivity contribution in [1.29, 1.82) is 0 Å². The van der Waals surface area contributed by atoms with E-state index in [9.17, 15) is 4.79 Å².